The third-order valence-electron chi connectivity index (χ3n) is 4.39. The predicted octanol–water partition coefficient (Wildman–Crippen LogP) is 4.17. The Balaban J connectivity index is 1.63. The molecule has 28 heavy (non-hydrogen) atoms. The largest absolute Gasteiger partial charge is 0.490 e. The second-order valence-electron chi connectivity index (χ2n) is 6.51. The van der Waals surface area contributed by atoms with Crippen LogP contribution in [0.1, 0.15) is 18.6 Å². The summed E-state index contributed by atoms with van der Waals surface area (Å²) in [5, 5.41) is 3.31. The summed E-state index contributed by atoms with van der Waals surface area (Å²) < 4.78 is 21.6. The number of hydrogen-bond acceptors (Lipinski definition) is 5. The summed E-state index contributed by atoms with van der Waals surface area (Å²) in [4.78, 5) is 14.5. The molecule has 8 heteroatoms. The van der Waals surface area contributed by atoms with Gasteiger partial charge < -0.3 is 28.8 Å². The zero-order valence-electron chi connectivity index (χ0n) is 15.9. The van der Waals surface area contributed by atoms with E-state index >= 15 is 0 Å². The van der Waals surface area contributed by atoms with Crippen molar-refractivity contribution in [2.24, 2.45) is 0 Å². The van der Waals surface area contributed by atoms with E-state index in [9.17, 15) is 4.79 Å². The second kappa shape index (κ2) is 10.4. The summed E-state index contributed by atoms with van der Waals surface area (Å²) in [7, 11) is 1.61. The van der Waals surface area contributed by atoms with Gasteiger partial charge in [-0.15, -0.1) is 0 Å². The lowest BCUT2D eigenvalue weighted by Gasteiger charge is -2.25. The normalized spacial score (nSPS) is 16.1. The number of carbonyl (C=O) groups excluding carboxylic acids is 1. The van der Waals surface area contributed by atoms with Crippen LogP contribution in [0.3, 0.4) is 0 Å². The van der Waals surface area contributed by atoms with Crippen molar-refractivity contribution in [3.8, 4) is 5.75 Å². The summed E-state index contributed by atoms with van der Waals surface area (Å²) >= 11 is 6.26. The quantitative estimate of drug-likeness (QED) is 0.630. The lowest BCUT2D eigenvalue weighted by atomic mass is 10.2. The number of ether oxygens (including phenoxy) is 3. The summed E-state index contributed by atoms with van der Waals surface area (Å²) in [6.45, 7) is 2.48. The Morgan fingerprint density at radius 3 is 2.93 bits per heavy atom. The van der Waals surface area contributed by atoms with Gasteiger partial charge in [0.25, 0.3) is 0 Å². The highest BCUT2D eigenvalue weighted by atomic mass is 35.5. The summed E-state index contributed by atoms with van der Waals surface area (Å²) in [6.07, 6.45) is 3.60. The maximum atomic E-state index is 12.9. The first-order valence-corrected chi connectivity index (χ1v) is 9.64. The van der Waals surface area contributed by atoms with Crippen molar-refractivity contribution in [2.75, 3.05) is 38.8 Å². The molecule has 1 aliphatic rings. The van der Waals surface area contributed by atoms with Gasteiger partial charge in [0.2, 0.25) is 0 Å². The summed E-state index contributed by atoms with van der Waals surface area (Å²) in [5.74, 6) is 1.26. The molecule has 1 unspecified atom stereocenters. The molecule has 2 aromatic rings. The maximum absolute atomic E-state index is 12.9. The van der Waals surface area contributed by atoms with Crippen LogP contribution in [0.2, 0.25) is 5.02 Å². The van der Waals surface area contributed by atoms with Crippen molar-refractivity contribution in [1.82, 2.24) is 4.90 Å². The molecule has 1 aromatic carbocycles. The maximum Gasteiger partial charge on any atom is 0.322 e. The van der Waals surface area contributed by atoms with Crippen LogP contribution in [0, 0.1) is 0 Å². The van der Waals surface area contributed by atoms with E-state index in [2.05, 4.69) is 5.32 Å². The Bertz CT molecular complexity index is 747. The number of urea groups is 1. The predicted molar refractivity (Wildman–Crippen MR) is 106 cm³/mol. The molecule has 1 fully saturated rings. The van der Waals surface area contributed by atoms with Gasteiger partial charge in [0, 0.05) is 25.9 Å². The Hall–Kier alpha value is -2.22. The molecule has 7 nitrogen and oxygen atoms in total. The first-order valence-electron chi connectivity index (χ1n) is 9.27. The lowest BCUT2D eigenvalue weighted by molar-refractivity contribution is 0.0803. The monoisotopic (exact) mass is 408 g/mol. The van der Waals surface area contributed by atoms with Crippen molar-refractivity contribution in [3.05, 3.63) is 47.4 Å². The highest BCUT2D eigenvalue weighted by Crippen LogP contribution is 2.28. The van der Waals surface area contributed by atoms with E-state index < -0.39 is 0 Å². The lowest BCUT2D eigenvalue weighted by Crippen LogP contribution is -2.39. The third kappa shape index (κ3) is 5.89. The van der Waals surface area contributed by atoms with Gasteiger partial charge in [-0.1, -0.05) is 11.6 Å². The van der Waals surface area contributed by atoms with Crippen LogP contribution in [0.25, 0.3) is 0 Å². The van der Waals surface area contributed by atoms with Crippen LogP contribution < -0.4 is 10.1 Å². The number of nitrogens with zero attached hydrogens (tertiary/aromatic N) is 1. The number of hydrogen-bond donors (Lipinski definition) is 1. The third-order valence-corrected chi connectivity index (χ3v) is 4.69. The number of amides is 2. The molecular formula is C20H25ClN2O5. The van der Waals surface area contributed by atoms with E-state index in [0.717, 1.165) is 19.4 Å². The Kier molecular flexibility index (Phi) is 7.59. The number of carbonyl (C=O) groups is 1. The highest BCUT2D eigenvalue weighted by Gasteiger charge is 2.23. The minimum absolute atomic E-state index is 0.0425. The molecule has 0 aliphatic carbocycles. The average Bonchev–Trinajstić information content (AvgIpc) is 3.37. The van der Waals surface area contributed by atoms with Gasteiger partial charge in [-0.2, -0.15) is 0 Å². The van der Waals surface area contributed by atoms with Crippen molar-refractivity contribution < 1.29 is 23.4 Å². The standard InChI is InChI=1S/C20H25ClN2O5/c1-25-10-11-28-19-7-6-15(12-18(19)21)22-20(24)23(13-16-4-2-8-26-16)14-17-5-3-9-27-17/h2,4,6-8,12,17H,3,5,9-11,13-14H2,1H3,(H,22,24). The fourth-order valence-corrected chi connectivity index (χ4v) is 3.21. The zero-order valence-corrected chi connectivity index (χ0v) is 16.6. The van der Waals surface area contributed by atoms with Gasteiger partial charge in [0.15, 0.2) is 0 Å². The Morgan fingerprint density at radius 2 is 2.25 bits per heavy atom. The number of anilines is 1. The Morgan fingerprint density at radius 1 is 1.36 bits per heavy atom. The van der Waals surface area contributed by atoms with Crippen LogP contribution in [0.5, 0.6) is 5.75 Å². The van der Waals surface area contributed by atoms with Crippen molar-refractivity contribution >= 4 is 23.3 Å². The molecule has 0 spiro atoms. The second-order valence-corrected chi connectivity index (χ2v) is 6.92. The van der Waals surface area contributed by atoms with Gasteiger partial charge in [0.1, 0.15) is 18.1 Å². The number of halogens is 1. The molecular weight excluding hydrogens is 384 g/mol. The Labute approximate surface area is 169 Å². The van der Waals surface area contributed by atoms with Crippen molar-refractivity contribution in [2.45, 2.75) is 25.5 Å². The molecule has 0 saturated carbocycles. The number of rotatable bonds is 9. The molecule has 0 radical (unpaired) electrons. The highest BCUT2D eigenvalue weighted by molar-refractivity contribution is 6.32. The summed E-state index contributed by atoms with van der Waals surface area (Å²) in [6, 6.07) is 8.56. The van der Waals surface area contributed by atoms with E-state index in [1.807, 2.05) is 6.07 Å². The van der Waals surface area contributed by atoms with E-state index in [0.29, 0.717) is 48.5 Å². The fourth-order valence-electron chi connectivity index (χ4n) is 2.98. The minimum Gasteiger partial charge on any atom is -0.490 e. The van der Waals surface area contributed by atoms with Crippen LogP contribution in [-0.2, 0) is 16.0 Å². The van der Waals surface area contributed by atoms with E-state index in [-0.39, 0.29) is 12.1 Å². The molecule has 1 N–H and O–H groups in total. The molecule has 3 rings (SSSR count). The van der Waals surface area contributed by atoms with E-state index in [1.165, 1.54) is 0 Å². The van der Waals surface area contributed by atoms with Gasteiger partial charge in [-0.25, -0.2) is 4.79 Å². The number of methoxy groups -OCH3 is 1. The summed E-state index contributed by atoms with van der Waals surface area (Å²) in [5.41, 5.74) is 0.589. The van der Waals surface area contributed by atoms with E-state index in [4.69, 9.17) is 30.2 Å². The van der Waals surface area contributed by atoms with Gasteiger partial charge in [0.05, 0.1) is 30.5 Å². The van der Waals surface area contributed by atoms with Crippen LogP contribution in [0.4, 0.5) is 10.5 Å². The van der Waals surface area contributed by atoms with Crippen LogP contribution >= 0.6 is 11.6 Å². The van der Waals surface area contributed by atoms with Gasteiger partial charge in [-0.05, 0) is 43.2 Å². The van der Waals surface area contributed by atoms with Crippen LogP contribution in [-0.4, -0.2) is 50.5 Å². The SMILES string of the molecule is COCCOc1ccc(NC(=O)N(Cc2ccco2)CC2CCCO2)cc1Cl. The first-order chi connectivity index (χ1) is 13.7. The molecule has 1 aromatic heterocycles. The molecule has 0 bridgehead atoms. The topological polar surface area (TPSA) is 73.2 Å². The van der Waals surface area contributed by atoms with Gasteiger partial charge in [-0.3, -0.25) is 0 Å². The molecule has 2 amide bonds. The fraction of sp³-hybridized carbons (Fsp3) is 0.450. The average molecular weight is 409 g/mol. The molecule has 152 valence electrons. The number of benzene rings is 1. The molecule has 1 saturated heterocycles. The number of furan rings is 1. The molecule has 1 atom stereocenters. The van der Waals surface area contributed by atoms with Crippen LogP contribution in [0.15, 0.2) is 41.0 Å². The molecule has 1 aliphatic heterocycles. The smallest absolute Gasteiger partial charge is 0.322 e. The molecule has 2 heterocycles. The zero-order chi connectivity index (χ0) is 19.8. The van der Waals surface area contributed by atoms with E-state index in [1.54, 1.807) is 42.5 Å². The first kappa shape index (κ1) is 20.5. The number of nitrogens with one attached hydrogen (secondary N) is 1. The van der Waals surface area contributed by atoms with Crippen molar-refractivity contribution in [3.63, 3.8) is 0 Å². The van der Waals surface area contributed by atoms with Gasteiger partial charge >= 0.3 is 6.03 Å². The van der Waals surface area contributed by atoms with Crippen molar-refractivity contribution in [1.29, 1.82) is 0 Å². The minimum atomic E-state index is -0.240.